The van der Waals surface area contributed by atoms with E-state index in [1.807, 2.05) is 0 Å². The molecule has 0 fully saturated rings. The summed E-state index contributed by atoms with van der Waals surface area (Å²) in [4.78, 5) is 21.5. The highest BCUT2D eigenvalue weighted by atomic mass is 16.4. The number of hydrogen-bond donors (Lipinski definition) is 4. The van der Waals surface area contributed by atoms with E-state index in [0.29, 0.717) is 5.56 Å². The van der Waals surface area contributed by atoms with Crippen molar-refractivity contribution in [3.8, 4) is 0 Å². The molecule has 1 rings (SSSR count). The van der Waals surface area contributed by atoms with Crippen LogP contribution in [-0.2, 0) is 9.59 Å². The van der Waals surface area contributed by atoms with Gasteiger partial charge in [-0.2, -0.15) is 0 Å². The highest BCUT2D eigenvalue weighted by molar-refractivity contribution is 5.70. The van der Waals surface area contributed by atoms with Crippen LogP contribution in [0.5, 0.6) is 0 Å². The Balaban J connectivity index is 3.05. The predicted octanol–water partition coefficient (Wildman–Crippen LogP) is 0.367. The van der Waals surface area contributed by atoms with E-state index in [2.05, 4.69) is 0 Å². The molecule has 6 heteroatoms. The van der Waals surface area contributed by atoms with Crippen LogP contribution in [-0.4, -0.2) is 33.0 Å². The third kappa shape index (κ3) is 3.83. The minimum absolute atomic E-state index is 0.440. The summed E-state index contributed by atoms with van der Waals surface area (Å²) in [7, 11) is 0. The molecule has 0 aromatic heterocycles. The van der Waals surface area contributed by atoms with Gasteiger partial charge in [0.15, 0.2) is 0 Å². The lowest BCUT2D eigenvalue weighted by molar-refractivity contribution is -0.147. The van der Waals surface area contributed by atoms with Gasteiger partial charge < -0.3 is 21.1 Å². The molecule has 0 aliphatic carbocycles. The molecule has 2 unspecified atom stereocenters. The normalized spacial score (nSPS) is 15.7. The van der Waals surface area contributed by atoms with Gasteiger partial charge in [-0.05, 0) is 5.56 Å². The van der Waals surface area contributed by atoms with Crippen molar-refractivity contribution in [2.45, 2.75) is 24.5 Å². The fourth-order valence-corrected chi connectivity index (χ4v) is 1.81. The second kappa shape index (κ2) is 5.61. The first-order chi connectivity index (χ1) is 8.33. The average molecular weight is 253 g/mol. The van der Waals surface area contributed by atoms with Crippen molar-refractivity contribution in [2.24, 2.45) is 5.73 Å². The van der Waals surface area contributed by atoms with E-state index in [1.54, 1.807) is 30.3 Å². The number of aliphatic hydroxyl groups is 1. The fraction of sp³-hybridized carbons (Fsp3) is 0.333. The zero-order chi connectivity index (χ0) is 13.8. The van der Waals surface area contributed by atoms with Crippen LogP contribution < -0.4 is 5.73 Å². The van der Waals surface area contributed by atoms with Crippen LogP contribution >= 0.6 is 0 Å². The molecular weight excluding hydrogens is 238 g/mol. The zero-order valence-electron chi connectivity index (χ0n) is 9.61. The second-order valence-electron chi connectivity index (χ2n) is 4.12. The van der Waals surface area contributed by atoms with Crippen molar-refractivity contribution in [3.63, 3.8) is 0 Å². The van der Waals surface area contributed by atoms with Crippen LogP contribution in [0.3, 0.4) is 0 Å². The smallest absolute Gasteiger partial charge is 0.307 e. The molecule has 5 N–H and O–H groups in total. The number of rotatable bonds is 6. The lowest BCUT2D eigenvalue weighted by atomic mass is 9.84. The Morgan fingerprint density at radius 3 is 2.17 bits per heavy atom. The Kier molecular flexibility index (Phi) is 4.41. The molecule has 0 saturated heterocycles. The summed E-state index contributed by atoms with van der Waals surface area (Å²) in [6.07, 6.45) is -1.16. The number of carbonyl (C=O) groups is 2. The van der Waals surface area contributed by atoms with E-state index in [4.69, 9.17) is 15.9 Å². The van der Waals surface area contributed by atoms with Gasteiger partial charge in [-0.3, -0.25) is 9.59 Å². The minimum Gasteiger partial charge on any atom is -0.481 e. The lowest BCUT2D eigenvalue weighted by Gasteiger charge is -2.30. The van der Waals surface area contributed by atoms with Crippen molar-refractivity contribution in [3.05, 3.63) is 35.9 Å². The molecule has 2 atom stereocenters. The third-order valence-corrected chi connectivity index (χ3v) is 2.62. The fourth-order valence-electron chi connectivity index (χ4n) is 1.81. The molecule has 0 aliphatic heterocycles. The van der Waals surface area contributed by atoms with Gasteiger partial charge in [-0.25, -0.2) is 0 Å². The van der Waals surface area contributed by atoms with Crippen molar-refractivity contribution in [2.75, 3.05) is 0 Å². The highest BCUT2D eigenvalue weighted by Gasteiger charge is 2.37. The zero-order valence-corrected chi connectivity index (χ0v) is 9.61. The molecule has 1 aromatic carbocycles. The molecule has 0 radical (unpaired) electrons. The molecule has 0 amide bonds. The summed E-state index contributed by atoms with van der Waals surface area (Å²) in [6.45, 7) is 0. The van der Waals surface area contributed by atoms with Gasteiger partial charge in [0.2, 0.25) is 0 Å². The van der Waals surface area contributed by atoms with E-state index >= 15 is 0 Å². The average Bonchev–Trinajstić information content (AvgIpc) is 2.25. The maximum Gasteiger partial charge on any atom is 0.307 e. The summed E-state index contributed by atoms with van der Waals surface area (Å²) in [5.74, 6) is -3.42. The van der Waals surface area contributed by atoms with E-state index < -0.39 is 36.4 Å². The van der Waals surface area contributed by atoms with Gasteiger partial charge in [0.25, 0.3) is 0 Å². The Hall–Kier alpha value is -1.92. The third-order valence-electron chi connectivity index (χ3n) is 2.62. The SMILES string of the molecule is NC(O)(CC(=O)O)C(CC(=O)O)c1ccccc1. The summed E-state index contributed by atoms with van der Waals surface area (Å²) in [5, 5.41) is 27.5. The van der Waals surface area contributed by atoms with Crippen LogP contribution in [0.15, 0.2) is 30.3 Å². The first-order valence-corrected chi connectivity index (χ1v) is 5.32. The first kappa shape index (κ1) is 14.1. The molecule has 0 saturated carbocycles. The molecule has 0 bridgehead atoms. The molecule has 0 spiro atoms. The summed E-state index contributed by atoms with van der Waals surface area (Å²) in [6, 6.07) is 8.27. The van der Waals surface area contributed by atoms with Gasteiger partial charge in [0.05, 0.1) is 12.8 Å². The molecular formula is C12H15NO5. The second-order valence-corrected chi connectivity index (χ2v) is 4.12. The quantitative estimate of drug-likeness (QED) is 0.543. The molecule has 18 heavy (non-hydrogen) atoms. The Morgan fingerprint density at radius 1 is 1.17 bits per heavy atom. The van der Waals surface area contributed by atoms with E-state index in [1.165, 1.54) is 0 Å². The van der Waals surface area contributed by atoms with Crippen LogP contribution in [0.25, 0.3) is 0 Å². The monoisotopic (exact) mass is 253 g/mol. The van der Waals surface area contributed by atoms with Crippen LogP contribution in [0.1, 0.15) is 24.3 Å². The van der Waals surface area contributed by atoms with Crippen molar-refractivity contribution in [1.82, 2.24) is 0 Å². The number of benzene rings is 1. The van der Waals surface area contributed by atoms with Crippen molar-refractivity contribution in [1.29, 1.82) is 0 Å². The highest BCUT2D eigenvalue weighted by Crippen LogP contribution is 2.30. The van der Waals surface area contributed by atoms with Gasteiger partial charge in [-0.15, -0.1) is 0 Å². The minimum atomic E-state index is -2.11. The van der Waals surface area contributed by atoms with Crippen molar-refractivity contribution >= 4 is 11.9 Å². The van der Waals surface area contributed by atoms with Crippen molar-refractivity contribution < 1.29 is 24.9 Å². The van der Waals surface area contributed by atoms with Crippen LogP contribution in [0, 0.1) is 0 Å². The summed E-state index contributed by atoms with van der Waals surface area (Å²) < 4.78 is 0. The number of aliphatic carboxylic acids is 2. The summed E-state index contributed by atoms with van der Waals surface area (Å²) >= 11 is 0. The molecule has 6 nitrogen and oxygen atoms in total. The maximum absolute atomic E-state index is 10.8. The van der Waals surface area contributed by atoms with Gasteiger partial charge in [0, 0.05) is 5.92 Å². The molecule has 98 valence electrons. The number of carboxylic acids is 2. The largest absolute Gasteiger partial charge is 0.481 e. The van der Waals surface area contributed by atoms with E-state index in [-0.39, 0.29) is 0 Å². The number of hydrogen-bond acceptors (Lipinski definition) is 4. The predicted molar refractivity (Wildman–Crippen MR) is 62.8 cm³/mol. The van der Waals surface area contributed by atoms with Gasteiger partial charge in [-0.1, -0.05) is 30.3 Å². The topological polar surface area (TPSA) is 121 Å². The standard InChI is InChI=1S/C12H15NO5/c13-12(18,7-11(16)17)9(6-10(14)15)8-4-2-1-3-5-8/h1-5,9,18H,6-7,13H2,(H,14,15)(H,16,17). The van der Waals surface area contributed by atoms with Gasteiger partial charge >= 0.3 is 11.9 Å². The van der Waals surface area contributed by atoms with E-state index in [0.717, 1.165) is 0 Å². The van der Waals surface area contributed by atoms with Crippen LogP contribution in [0.2, 0.25) is 0 Å². The Bertz CT molecular complexity index is 429. The maximum atomic E-state index is 10.8. The molecule has 0 heterocycles. The molecule has 1 aromatic rings. The van der Waals surface area contributed by atoms with Gasteiger partial charge in [0.1, 0.15) is 5.72 Å². The first-order valence-electron chi connectivity index (χ1n) is 5.32. The summed E-state index contributed by atoms with van der Waals surface area (Å²) in [5.41, 5.74) is 3.94. The number of nitrogens with two attached hydrogens (primary N) is 1. The van der Waals surface area contributed by atoms with Crippen LogP contribution in [0.4, 0.5) is 0 Å². The lowest BCUT2D eigenvalue weighted by Crippen LogP contribution is -2.48. The Labute approximate surface area is 104 Å². The van der Waals surface area contributed by atoms with E-state index in [9.17, 15) is 14.7 Å². The molecule has 0 aliphatic rings. The number of carboxylic acid groups (broad SMARTS) is 2. The Morgan fingerprint density at radius 2 is 1.72 bits per heavy atom.